The Bertz CT molecular complexity index is 85.7. The summed E-state index contributed by atoms with van der Waals surface area (Å²) in [7, 11) is 0. The van der Waals surface area contributed by atoms with Gasteiger partial charge in [-0.25, -0.2) is 4.99 Å². The first-order valence-corrected chi connectivity index (χ1v) is 1.97. The van der Waals surface area contributed by atoms with E-state index in [1.807, 2.05) is 0 Å². The molecule has 7 heavy (non-hydrogen) atoms. The van der Waals surface area contributed by atoms with E-state index >= 15 is 0 Å². The van der Waals surface area contributed by atoms with Gasteiger partial charge < -0.3 is 0 Å². The Hall–Kier alpha value is 0.339. The number of thiocarbonyl (C=S) groups is 1. The third-order valence-electron chi connectivity index (χ3n) is 0.285. The second-order valence-corrected chi connectivity index (χ2v) is 0.903. The molecule has 0 heterocycles. The van der Waals surface area contributed by atoms with E-state index in [0.717, 1.165) is 0 Å². The van der Waals surface area contributed by atoms with Crippen molar-refractivity contribution in [2.75, 3.05) is 6.54 Å². The molecule has 0 bridgehead atoms. The molecule has 0 aromatic rings. The summed E-state index contributed by atoms with van der Waals surface area (Å²) >= 11 is 4.25. The molecule has 0 aliphatic rings. The van der Waals surface area contributed by atoms with Gasteiger partial charge in [0.1, 0.15) is 0 Å². The molecule has 0 rings (SSSR count). The predicted octanol–water partition coefficient (Wildman–Crippen LogP) is -0.176. The fourth-order valence-electron chi connectivity index (χ4n) is 0.102. The first-order chi connectivity index (χ1) is 2.91. The van der Waals surface area contributed by atoms with E-state index in [1.54, 1.807) is 6.08 Å². The van der Waals surface area contributed by atoms with Gasteiger partial charge in [-0.3, -0.25) is 0 Å². The zero-order chi connectivity index (χ0) is 4.83. The van der Waals surface area contributed by atoms with E-state index < -0.39 is 0 Å². The predicted molar refractivity (Wildman–Crippen MR) is 41.4 cm³/mol. The summed E-state index contributed by atoms with van der Waals surface area (Å²) in [6.07, 6.45) is 1.67. The summed E-state index contributed by atoms with van der Waals surface area (Å²) < 4.78 is 0. The van der Waals surface area contributed by atoms with Crippen molar-refractivity contribution in [2.24, 2.45) is 4.99 Å². The van der Waals surface area contributed by atoms with Crippen LogP contribution in [0.15, 0.2) is 17.6 Å². The van der Waals surface area contributed by atoms with Gasteiger partial charge >= 0.3 is 23.9 Å². The molecule has 0 N–H and O–H groups in total. The van der Waals surface area contributed by atoms with Gasteiger partial charge in [0.25, 0.3) is 0 Å². The first-order valence-electron chi connectivity index (χ1n) is 1.56. The molecule has 0 saturated heterocycles. The Kier molecular flexibility index (Phi) is 14.2. The quantitative estimate of drug-likeness (QED) is 0.273. The van der Waals surface area contributed by atoms with Gasteiger partial charge in [0.05, 0.1) is 11.7 Å². The maximum absolute atomic E-state index is 4.25. The summed E-state index contributed by atoms with van der Waals surface area (Å²) in [4.78, 5) is 3.54. The van der Waals surface area contributed by atoms with Crippen LogP contribution >= 0.6 is 12.2 Å². The molecule has 0 aromatic heterocycles. The molecule has 1 nitrogen and oxygen atoms in total. The van der Waals surface area contributed by atoms with Gasteiger partial charge in [-0.2, -0.15) is 0 Å². The van der Waals surface area contributed by atoms with Crippen LogP contribution in [0.2, 0.25) is 0 Å². The van der Waals surface area contributed by atoms with Crippen LogP contribution in [0.1, 0.15) is 0 Å². The standard InChI is InChI=1S/C4H5NS.Sn.4H/c1-2-3-5-4-6;;;;;/h2H,1,3H2;;;;;. The maximum atomic E-state index is 4.25. The van der Waals surface area contributed by atoms with Gasteiger partial charge in [-0.1, -0.05) is 6.08 Å². The molecule has 40 valence electrons. The second kappa shape index (κ2) is 9.60. The molecule has 0 spiro atoms. The minimum atomic E-state index is 0. The molecular weight excluding hydrogens is 213 g/mol. The van der Waals surface area contributed by atoms with E-state index in [-0.39, 0.29) is 23.9 Å². The molecule has 0 amide bonds. The summed E-state index contributed by atoms with van der Waals surface area (Å²) in [6, 6.07) is 0. The van der Waals surface area contributed by atoms with Crippen molar-refractivity contribution in [1.82, 2.24) is 0 Å². The number of isothiocyanates is 1. The number of hydrogen-bond donors (Lipinski definition) is 0. The van der Waals surface area contributed by atoms with Gasteiger partial charge in [-0.15, -0.1) is 6.58 Å². The topological polar surface area (TPSA) is 12.4 Å². The van der Waals surface area contributed by atoms with Gasteiger partial charge in [0, 0.05) is 0 Å². The SMILES string of the molecule is C=CCN=C=S.[SnH4]. The van der Waals surface area contributed by atoms with Crippen LogP contribution in [-0.2, 0) is 0 Å². The average molecular weight is 222 g/mol. The molecule has 0 fully saturated rings. The Balaban J connectivity index is 0. The van der Waals surface area contributed by atoms with Crippen LogP contribution in [0.5, 0.6) is 0 Å². The minimum absolute atomic E-state index is 0. The Morgan fingerprint density at radius 2 is 2.43 bits per heavy atom. The Morgan fingerprint density at radius 3 is 2.57 bits per heavy atom. The van der Waals surface area contributed by atoms with Crippen LogP contribution in [0.4, 0.5) is 0 Å². The second-order valence-electron chi connectivity index (χ2n) is 0.721. The molecule has 0 aromatic carbocycles. The van der Waals surface area contributed by atoms with Crippen molar-refractivity contribution in [3.63, 3.8) is 0 Å². The van der Waals surface area contributed by atoms with Crippen LogP contribution in [-0.4, -0.2) is 35.6 Å². The van der Waals surface area contributed by atoms with Crippen molar-refractivity contribution in [3.05, 3.63) is 12.7 Å². The van der Waals surface area contributed by atoms with E-state index in [4.69, 9.17) is 0 Å². The monoisotopic (exact) mass is 223 g/mol. The molecule has 3 heteroatoms. The third-order valence-corrected chi connectivity index (χ3v) is 0.414. The number of rotatable bonds is 2. The van der Waals surface area contributed by atoms with Crippen molar-refractivity contribution >= 4 is 41.3 Å². The van der Waals surface area contributed by atoms with Gasteiger partial charge in [0.15, 0.2) is 0 Å². The van der Waals surface area contributed by atoms with Crippen molar-refractivity contribution in [2.45, 2.75) is 0 Å². The van der Waals surface area contributed by atoms with E-state index in [9.17, 15) is 0 Å². The third kappa shape index (κ3) is 10.7. The zero-order valence-electron chi connectivity index (χ0n) is 3.35. The van der Waals surface area contributed by atoms with Crippen molar-refractivity contribution in [3.8, 4) is 0 Å². The number of aliphatic imine (C=N–C) groups is 1. The van der Waals surface area contributed by atoms with Crippen LogP contribution in [0.3, 0.4) is 0 Å². The molecule has 0 radical (unpaired) electrons. The number of hydrogen-bond acceptors (Lipinski definition) is 2. The van der Waals surface area contributed by atoms with Crippen LogP contribution in [0, 0.1) is 0 Å². The first kappa shape index (κ1) is 10.3. The molecular formula is C4H9NSSn. The molecule has 0 aliphatic heterocycles. The fourth-order valence-corrected chi connectivity index (χ4v) is 0.176. The van der Waals surface area contributed by atoms with Gasteiger partial charge in [0.2, 0.25) is 0 Å². The van der Waals surface area contributed by atoms with E-state index in [0.29, 0.717) is 6.54 Å². The molecule has 0 atom stereocenters. The van der Waals surface area contributed by atoms with Crippen LogP contribution < -0.4 is 0 Å². The fraction of sp³-hybridized carbons (Fsp3) is 0.250. The van der Waals surface area contributed by atoms with Crippen molar-refractivity contribution < 1.29 is 0 Å². The summed E-state index contributed by atoms with van der Waals surface area (Å²) in [5, 5.41) is 2.21. The Labute approximate surface area is 65.5 Å². The van der Waals surface area contributed by atoms with Crippen LogP contribution in [0.25, 0.3) is 0 Å². The average Bonchev–Trinajstić information content (AvgIpc) is 1.61. The molecule has 0 aliphatic carbocycles. The summed E-state index contributed by atoms with van der Waals surface area (Å²) in [5.41, 5.74) is 0. The number of nitrogens with zero attached hydrogens (tertiary/aromatic N) is 1. The van der Waals surface area contributed by atoms with Gasteiger partial charge in [-0.05, 0) is 12.2 Å². The van der Waals surface area contributed by atoms with E-state index in [2.05, 4.69) is 29.0 Å². The van der Waals surface area contributed by atoms with E-state index in [1.165, 1.54) is 0 Å². The molecule has 0 saturated carbocycles. The Morgan fingerprint density at radius 1 is 1.86 bits per heavy atom. The normalized spacial score (nSPS) is 5.14. The summed E-state index contributed by atoms with van der Waals surface area (Å²) in [6.45, 7) is 4.00. The van der Waals surface area contributed by atoms with Crippen molar-refractivity contribution in [1.29, 1.82) is 0 Å². The zero-order valence-corrected chi connectivity index (χ0v) is 4.16. The summed E-state index contributed by atoms with van der Waals surface area (Å²) in [5.74, 6) is 0. The molecule has 0 unspecified atom stereocenters.